The molecule has 0 aliphatic carbocycles. The summed E-state index contributed by atoms with van der Waals surface area (Å²) in [5, 5.41) is 0. The number of rotatable bonds is 6. The first-order valence-electron chi connectivity index (χ1n) is 5.13. The molecule has 0 fully saturated rings. The lowest BCUT2D eigenvalue weighted by Gasteiger charge is -2.13. The van der Waals surface area contributed by atoms with Gasteiger partial charge in [-0.05, 0) is 11.6 Å². The van der Waals surface area contributed by atoms with Crippen LogP contribution in [0, 0.1) is 0 Å². The van der Waals surface area contributed by atoms with Crippen LogP contribution in [0.4, 0.5) is 0 Å². The molecule has 1 unspecified atom stereocenters. The molecule has 0 saturated heterocycles. The molecule has 1 aromatic rings. The van der Waals surface area contributed by atoms with E-state index in [1.165, 1.54) is 0 Å². The fourth-order valence-electron chi connectivity index (χ4n) is 1.41. The topological polar surface area (TPSA) is 27.7 Å². The molecule has 0 radical (unpaired) electrons. The van der Waals surface area contributed by atoms with Crippen LogP contribution in [0.5, 0.6) is 0 Å². The quantitative estimate of drug-likeness (QED) is 0.547. The summed E-state index contributed by atoms with van der Waals surface area (Å²) in [7, 11) is 4.88. The van der Waals surface area contributed by atoms with Crippen molar-refractivity contribution in [3.05, 3.63) is 48.0 Å². The zero-order valence-corrected chi connectivity index (χ0v) is 9.92. The summed E-state index contributed by atoms with van der Waals surface area (Å²) in [6.07, 6.45) is 3.35. The number of hydrogen-bond donors (Lipinski definition) is 0. The van der Waals surface area contributed by atoms with Gasteiger partial charge in [-0.3, -0.25) is 0 Å². The molecule has 0 heterocycles. The van der Waals surface area contributed by atoms with E-state index in [4.69, 9.17) is 14.2 Å². The van der Waals surface area contributed by atoms with Gasteiger partial charge in [-0.15, -0.1) is 0 Å². The molecule has 1 aromatic carbocycles. The summed E-state index contributed by atoms with van der Waals surface area (Å²) in [5.41, 5.74) is 1.10. The van der Waals surface area contributed by atoms with E-state index in [0.29, 0.717) is 0 Å². The van der Waals surface area contributed by atoms with E-state index < -0.39 is 0 Å². The molecule has 16 heavy (non-hydrogen) atoms. The van der Waals surface area contributed by atoms with Gasteiger partial charge in [0.15, 0.2) is 6.29 Å². The maximum absolute atomic E-state index is 5.38. The second-order valence-electron chi connectivity index (χ2n) is 3.29. The summed E-state index contributed by atoms with van der Waals surface area (Å²) in [6, 6.07) is 9.99. The van der Waals surface area contributed by atoms with Crippen molar-refractivity contribution in [3.8, 4) is 0 Å². The normalized spacial score (nSPS) is 13.5. The van der Waals surface area contributed by atoms with Crippen molar-refractivity contribution in [1.82, 2.24) is 0 Å². The van der Waals surface area contributed by atoms with Gasteiger partial charge in [-0.2, -0.15) is 0 Å². The Morgan fingerprint density at radius 3 is 2.00 bits per heavy atom. The first-order valence-corrected chi connectivity index (χ1v) is 5.13. The summed E-state index contributed by atoms with van der Waals surface area (Å²) in [4.78, 5) is 0. The highest BCUT2D eigenvalue weighted by atomic mass is 16.7. The van der Waals surface area contributed by atoms with Crippen molar-refractivity contribution < 1.29 is 14.2 Å². The number of methoxy groups -OCH3 is 3. The van der Waals surface area contributed by atoms with Crippen LogP contribution in [0.25, 0.3) is 0 Å². The molecule has 0 aliphatic rings. The fraction of sp³-hybridized carbons (Fsp3) is 0.385. The molecular formula is C13H18O3. The largest absolute Gasteiger partial charge is 0.373 e. The van der Waals surface area contributed by atoms with Crippen molar-refractivity contribution in [2.75, 3.05) is 21.3 Å². The van der Waals surface area contributed by atoms with Gasteiger partial charge in [0.25, 0.3) is 0 Å². The predicted molar refractivity (Wildman–Crippen MR) is 63.1 cm³/mol. The Bertz CT molecular complexity index is 304. The Morgan fingerprint density at radius 1 is 0.875 bits per heavy atom. The third kappa shape index (κ3) is 3.77. The Hall–Kier alpha value is -1.16. The highest BCUT2D eigenvalue weighted by Crippen LogP contribution is 2.17. The lowest BCUT2D eigenvalue weighted by Crippen LogP contribution is -2.09. The van der Waals surface area contributed by atoms with Gasteiger partial charge in [0.2, 0.25) is 0 Å². The summed E-state index contributed by atoms with van der Waals surface area (Å²) in [5.74, 6) is 0. The van der Waals surface area contributed by atoms with Gasteiger partial charge in [0.05, 0.1) is 0 Å². The van der Waals surface area contributed by atoms with Crippen molar-refractivity contribution in [2.45, 2.75) is 12.4 Å². The number of benzene rings is 1. The van der Waals surface area contributed by atoms with E-state index in [9.17, 15) is 0 Å². The van der Waals surface area contributed by atoms with Gasteiger partial charge in [0, 0.05) is 21.3 Å². The van der Waals surface area contributed by atoms with Crippen LogP contribution in [-0.4, -0.2) is 27.6 Å². The predicted octanol–water partition coefficient (Wildman–Crippen LogP) is 2.55. The maximum Gasteiger partial charge on any atom is 0.176 e. The maximum atomic E-state index is 5.38. The zero-order valence-electron chi connectivity index (χ0n) is 9.92. The van der Waals surface area contributed by atoms with Crippen LogP contribution in [0.15, 0.2) is 42.5 Å². The molecule has 0 N–H and O–H groups in total. The molecule has 3 heteroatoms. The molecule has 0 amide bonds. The molecule has 88 valence electrons. The van der Waals surface area contributed by atoms with E-state index in [1.54, 1.807) is 21.3 Å². The SMILES string of the molecule is COC(/C=C/C(OC)c1ccccc1)OC. The average molecular weight is 222 g/mol. The second-order valence-corrected chi connectivity index (χ2v) is 3.29. The van der Waals surface area contributed by atoms with Gasteiger partial charge >= 0.3 is 0 Å². The minimum Gasteiger partial charge on any atom is -0.373 e. The van der Waals surface area contributed by atoms with Gasteiger partial charge in [-0.1, -0.05) is 36.4 Å². The van der Waals surface area contributed by atoms with Crippen molar-refractivity contribution in [2.24, 2.45) is 0 Å². The van der Waals surface area contributed by atoms with Crippen molar-refractivity contribution in [1.29, 1.82) is 0 Å². The van der Waals surface area contributed by atoms with E-state index >= 15 is 0 Å². The van der Waals surface area contributed by atoms with Crippen LogP contribution < -0.4 is 0 Å². The first kappa shape index (κ1) is 12.9. The molecule has 1 atom stereocenters. The van der Waals surface area contributed by atoms with Crippen molar-refractivity contribution >= 4 is 0 Å². The lowest BCUT2D eigenvalue weighted by molar-refractivity contribution is -0.0672. The van der Waals surface area contributed by atoms with Crippen LogP contribution in [0.2, 0.25) is 0 Å². The van der Waals surface area contributed by atoms with E-state index in [0.717, 1.165) is 5.56 Å². The minimum absolute atomic E-state index is 0.0750. The third-order valence-corrected chi connectivity index (χ3v) is 2.29. The molecule has 0 saturated carbocycles. The third-order valence-electron chi connectivity index (χ3n) is 2.29. The van der Waals surface area contributed by atoms with Crippen LogP contribution in [0.3, 0.4) is 0 Å². The van der Waals surface area contributed by atoms with E-state index in [2.05, 4.69) is 0 Å². The van der Waals surface area contributed by atoms with Gasteiger partial charge < -0.3 is 14.2 Å². The van der Waals surface area contributed by atoms with E-state index in [1.807, 2.05) is 42.5 Å². The van der Waals surface area contributed by atoms with Crippen LogP contribution in [-0.2, 0) is 14.2 Å². The molecule has 0 spiro atoms. The summed E-state index contributed by atoms with van der Waals surface area (Å²) < 4.78 is 15.5. The van der Waals surface area contributed by atoms with Crippen LogP contribution >= 0.6 is 0 Å². The van der Waals surface area contributed by atoms with Crippen molar-refractivity contribution in [3.63, 3.8) is 0 Å². The Morgan fingerprint density at radius 2 is 1.50 bits per heavy atom. The zero-order chi connectivity index (χ0) is 11.8. The molecular weight excluding hydrogens is 204 g/mol. The Labute approximate surface area is 96.6 Å². The van der Waals surface area contributed by atoms with Crippen LogP contribution in [0.1, 0.15) is 11.7 Å². The Balaban J connectivity index is 2.69. The number of ether oxygens (including phenoxy) is 3. The average Bonchev–Trinajstić information content (AvgIpc) is 2.36. The first-order chi connectivity index (χ1) is 7.81. The molecule has 0 aromatic heterocycles. The lowest BCUT2D eigenvalue weighted by atomic mass is 10.1. The number of hydrogen-bond acceptors (Lipinski definition) is 3. The van der Waals surface area contributed by atoms with Gasteiger partial charge in [0.1, 0.15) is 6.10 Å². The second kappa shape index (κ2) is 7.17. The molecule has 0 aliphatic heterocycles. The highest BCUT2D eigenvalue weighted by Gasteiger charge is 2.06. The summed E-state index contributed by atoms with van der Waals surface area (Å²) >= 11 is 0. The molecule has 0 bridgehead atoms. The monoisotopic (exact) mass is 222 g/mol. The smallest absolute Gasteiger partial charge is 0.176 e. The highest BCUT2D eigenvalue weighted by molar-refractivity contribution is 5.21. The van der Waals surface area contributed by atoms with Gasteiger partial charge in [-0.25, -0.2) is 0 Å². The fourth-order valence-corrected chi connectivity index (χ4v) is 1.41. The van der Waals surface area contributed by atoms with E-state index in [-0.39, 0.29) is 12.4 Å². The Kier molecular flexibility index (Phi) is 5.78. The standard InChI is InChI=1S/C13H18O3/c1-14-12(9-10-13(15-2)16-3)11-7-5-4-6-8-11/h4-10,12-13H,1-3H3/b10-9+. The molecule has 3 nitrogen and oxygen atoms in total. The minimum atomic E-state index is -0.332. The summed E-state index contributed by atoms with van der Waals surface area (Å²) in [6.45, 7) is 0. The molecule has 1 rings (SSSR count).